The first kappa shape index (κ1) is 12.0. The van der Waals surface area contributed by atoms with Crippen LogP contribution in [0.1, 0.15) is 0 Å². The lowest BCUT2D eigenvalue weighted by Gasteiger charge is -2.25. The zero-order valence-electron chi connectivity index (χ0n) is 8.42. The average Bonchev–Trinajstić information content (AvgIpc) is 2.21. The smallest absolute Gasteiger partial charge is 0.482 e. The molecule has 0 saturated heterocycles. The van der Waals surface area contributed by atoms with Crippen molar-refractivity contribution in [2.45, 2.75) is 6.11 Å². The number of amides is 2. The Morgan fingerprint density at radius 1 is 1.44 bits per heavy atom. The van der Waals surface area contributed by atoms with Gasteiger partial charge in [-0.25, -0.2) is 4.39 Å². The number of hydrogen-bond donors (Lipinski definition) is 2. The van der Waals surface area contributed by atoms with Crippen molar-refractivity contribution in [1.82, 2.24) is 0 Å². The number of rotatable bonds is 1. The van der Waals surface area contributed by atoms with Crippen molar-refractivity contribution in [3.8, 4) is 5.75 Å². The van der Waals surface area contributed by atoms with Gasteiger partial charge in [-0.2, -0.15) is 8.78 Å². The van der Waals surface area contributed by atoms with Crippen LogP contribution >= 0.6 is 0 Å². The molecule has 18 heavy (non-hydrogen) atoms. The van der Waals surface area contributed by atoms with Crippen molar-refractivity contribution in [2.24, 2.45) is 0 Å². The molecule has 1 aromatic rings. The van der Waals surface area contributed by atoms with Gasteiger partial charge in [0.05, 0.1) is 11.4 Å². The van der Waals surface area contributed by atoms with Crippen LogP contribution in [0.25, 0.3) is 0 Å². The number of ether oxygens (including phenoxy) is 1. The summed E-state index contributed by atoms with van der Waals surface area (Å²) >= 11 is 0. The molecule has 2 amide bonds. The van der Waals surface area contributed by atoms with Gasteiger partial charge in [0.1, 0.15) is 6.09 Å². The van der Waals surface area contributed by atoms with E-state index in [9.17, 15) is 27.9 Å². The first-order valence-corrected chi connectivity index (χ1v) is 4.49. The number of fused-ring (bicyclic) bond motifs is 1. The molecule has 1 aliphatic rings. The highest BCUT2D eigenvalue weighted by molar-refractivity contribution is 5.99. The molecule has 6 nitrogen and oxygen atoms in total. The van der Waals surface area contributed by atoms with E-state index in [4.69, 9.17) is 0 Å². The molecule has 0 atom stereocenters. The lowest BCUT2D eigenvalue weighted by Crippen LogP contribution is -2.43. The fourth-order valence-electron chi connectivity index (χ4n) is 1.32. The second kappa shape index (κ2) is 3.79. The molecule has 2 N–H and O–H groups in total. The molecule has 0 fully saturated rings. The van der Waals surface area contributed by atoms with E-state index in [0.717, 1.165) is 6.07 Å². The molecule has 96 valence electrons. The summed E-state index contributed by atoms with van der Waals surface area (Å²) in [5.74, 6) is -3.49. The van der Waals surface area contributed by atoms with E-state index in [1.165, 1.54) is 0 Å². The topological polar surface area (TPSA) is 90.5 Å². The highest BCUT2D eigenvalue weighted by atomic mass is 19.3. The summed E-state index contributed by atoms with van der Waals surface area (Å²) in [5.41, 5.74) is -0.834. The summed E-state index contributed by atoms with van der Waals surface area (Å²) < 4.78 is 43.0. The van der Waals surface area contributed by atoms with Gasteiger partial charge in [-0.05, 0) is 6.07 Å². The number of hydrogen-bond acceptors (Lipinski definition) is 4. The number of benzene rings is 1. The van der Waals surface area contributed by atoms with Crippen LogP contribution in [0, 0.1) is 5.82 Å². The van der Waals surface area contributed by atoms with Crippen LogP contribution in [-0.2, 0) is 4.79 Å². The fraction of sp³-hybridized carbons (Fsp3) is 0.111. The summed E-state index contributed by atoms with van der Waals surface area (Å²) in [7, 11) is 0. The third-order valence-electron chi connectivity index (χ3n) is 2.06. The standard InChI is InChI=1S/C9H5F3N2O4/c10-3-1-6-5(2-4(3)14-8(16)17)13-7(15)9(11,12)18-6/h1-2,14H,(H,13,15)(H,16,17)/p-1. The number of carboxylic acid groups (broad SMARTS) is 1. The van der Waals surface area contributed by atoms with Crippen LogP contribution in [0.15, 0.2) is 12.1 Å². The minimum Gasteiger partial charge on any atom is -0.530 e. The fourth-order valence-corrected chi connectivity index (χ4v) is 1.32. The zero-order chi connectivity index (χ0) is 13.5. The monoisotopic (exact) mass is 261 g/mol. The number of nitrogens with one attached hydrogen (secondary N) is 2. The summed E-state index contributed by atoms with van der Waals surface area (Å²) in [5, 5.41) is 13.6. The highest BCUT2D eigenvalue weighted by Crippen LogP contribution is 2.38. The first-order chi connectivity index (χ1) is 8.29. The first-order valence-electron chi connectivity index (χ1n) is 4.49. The van der Waals surface area contributed by atoms with E-state index in [-0.39, 0.29) is 5.69 Å². The molecule has 0 saturated carbocycles. The third-order valence-corrected chi connectivity index (χ3v) is 2.06. The van der Waals surface area contributed by atoms with Crippen LogP contribution in [-0.4, -0.2) is 18.1 Å². The summed E-state index contributed by atoms with van der Waals surface area (Å²) in [6.45, 7) is 0. The molecular formula is C9H4F3N2O4-. The SMILES string of the molecule is O=C([O-])Nc1cc2c(cc1F)OC(F)(F)C(=O)N2. The molecule has 0 aliphatic carbocycles. The molecule has 0 spiro atoms. The molecule has 1 heterocycles. The van der Waals surface area contributed by atoms with Crippen LogP contribution < -0.4 is 20.5 Å². The predicted molar refractivity (Wildman–Crippen MR) is 49.6 cm³/mol. The largest absolute Gasteiger partial charge is 0.530 e. The van der Waals surface area contributed by atoms with Gasteiger partial charge in [0.15, 0.2) is 11.6 Å². The molecule has 0 aromatic heterocycles. The second-order valence-corrected chi connectivity index (χ2v) is 3.31. The Labute approximate surface area is 97.3 Å². The zero-order valence-corrected chi connectivity index (χ0v) is 8.42. The van der Waals surface area contributed by atoms with E-state index >= 15 is 0 Å². The Hall–Kier alpha value is -2.45. The molecule has 1 aromatic carbocycles. The maximum atomic E-state index is 13.3. The molecule has 1 aliphatic heterocycles. The second-order valence-electron chi connectivity index (χ2n) is 3.31. The van der Waals surface area contributed by atoms with Crippen molar-refractivity contribution in [3.05, 3.63) is 17.9 Å². The minimum atomic E-state index is -4.11. The highest BCUT2D eigenvalue weighted by Gasteiger charge is 2.46. The van der Waals surface area contributed by atoms with Gasteiger partial charge in [-0.1, -0.05) is 0 Å². The van der Waals surface area contributed by atoms with E-state index in [0.29, 0.717) is 6.07 Å². The Balaban J connectivity index is 2.42. The Morgan fingerprint density at radius 2 is 2.11 bits per heavy atom. The summed E-state index contributed by atoms with van der Waals surface area (Å²) in [6, 6.07) is 1.32. The van der Waals surface area contributed by atoms with Crippen LogP contribution in [0.4, 0.5) is 29.3 Å². The molecule has 0 radical (unpaired) electrons. The van der Waals surface area contributed by atoms with Crippen molar-refractivity contribution < 1.29 is 32.6 Å². The van der Waals surface area contributed by atoms with E-state index in [1.54, 1.807) is 10.6 Å². The molecule has 9 heteroatoms. The number of halogens is 3. The lowest BCUT2D eigenvalue weighted by molar-refractivity contribution is -0.242. The quantitative estimate of drug-likeness (QED) is 0.770. The van der Waals surface area contributed by atoms with Crippen molar-refractivity contribution in [1.29, 1.82) is 0 Å². The Bertz CT molecular complexity index is 547. The van der Waals surface area contributed by atoms with Gasteiger partial charge in [0.2, 0.25) is 0 Å². The van der Waals surface area contributed by atoms with Gasteiger partial charge < -0.3 is 25.3 Å². The molecule has 0 bridgehead atoms. The lowest BCUT2D eigenvalue weighted by atomic mass is 10.2. The maximum Gasteiger partial charge on any atom is 0.482 e. The van der Waals surface area contributed by atoms with E-state index < -0.39 is 35.4 Å². The summed E-state index contributed by atoms with van der Waals surface area (Å²) in [6.07, 6.45) is -5.90. The number of carbonyl (C=O) groups excluding carboxylic acids is 2. The maximum absolute atomic E-state index is 13.3. The molecular weight excluding hydrogens is 257 g/mol. The van der Waals surface area contributed by atoms with Gasteiger partial charge in [-0.15, -0.1) is 0 Å². The van der Waals surface area contributed by atoms with Crippen LogP contribution in [0.5, 0.6) is 5.75 Å². The number of carbonyl (C=O) groups is 2. The van der Waals surface area contributed by atoms with Gasteiger partial charge in [0.25, 0.3) is 0 Å². The third kappa shape index (κ3) is 2.01. The van der Waals surface area contributed by atoms with Crippen molar-refractivity contribution in [3.63, 3.8) is 0 Å². The molecule has 2 rings (SSSR count). The number of alkyl halides is 2. The van der Waals surface area contributed by atoms with Crippen molar-refractivity contribution in [2.75, 3.05) is 10.6 Å². The predicted octanol–water partition coefficient (Wildman–Crippen LogP) is 0.505. The number of anilines is 2. The van der Waals surface area contributed by atoms with E-state index in [2.05, 4.69) is 4.74 Å². The van der Waals surface area contributed by atoms with Gasteiger partial charge >= 0.3 is 12.0 Å². The minimum absolute atomic E-state index is 0.281. The van der Waals surface area contributed by atoms with Gasteiger partial charge in [-0.3, -0.25) is 4.79 Å². The Kier molecular flexibility index (Phi) is 2.53. The Morgan fingerprint density at radius 3 is 2.72 bits per heavy atom. The van der Waals surface area contributed by atoms with E-state index in [1.807, 2.05) is 0 Å². The van der Waals surface area contributed by atoms with Crippen LogP contribution in [0.3, 0.4) is 0 Å². The normalized spacial score (nSPS) is 16.3. The average molecular weight is 261 g/mol. The summed E-state index contributed by atoms with van der Waals surface area (Å²) in [4.78, 5) is 21.1. The van der Waals surface area contributed by atoms with Crippen LogP contribution in [0.2, 0.25) is 0 Å². The van der Waals surface area contributed by atoms with Gasteiger partial charge in [0, 0.05) is 6.07 Å². The van der Waals surface area contributed by atoms with Crippen molar-refractivity contribution >= 4 is 23.4 Å². The molecule has 0 unspecified atom stereocenters.